The number of halogens is 1. The summed E-state index contributed by atoms with van der Waals surface area (Å²) in [5, 5.41) is 5.98. The van der Waals surface area contributed by atoms with Crippen molar-refractivity contribution in [2.75, 3.05) is 19.6 Å². The molecule has 0 aromatic carbocycles. The van der Waals surface area contributed by atoms with Crippen LogP contribution in [-0.4, -0.2) is 30.5 Å². The number of nitrogens with one attached hydrogen (secondary N) is 2. The van der Waals surface area contributed by atoms with Crippen LogP contribution >= 0.6 is 12.4 Å². The second-order valence-electron chi connectivity index (χ2n) is 3.65. The average molecular weight is 262 g/mol. The summed E-state index contributed by atoms with van der Waals surface area (Å²) in [5.41, 5.74) is 0.636. The minimum Gasteiger partial charge on any atom is -0.436 e. The van der Waals surface area contributed by atoms with Crippen molar-refractivity contribution >= 4 is 18.3 Å². The molecule has 0 saturated heterocycles. The predicted octanol–water partition coefficient (Wildman–Crippen LogP) is 1.44. The van der Waals surface area contributed by atoms with Crippen molar-refractivity contribution in [2.45, 2.75) is 27.2 Å². The molecule has 0 unspecified atom stereocenters. The highest BCUT2D eigenvalue weighted by atomic mass is 35.5. The standard InChI is InChI=1S/C11H19N3O2.ClH/c1-4-5-12-6-7-13-11(15)10-8(2)14-9(3)16-10;/h12H,4-7H2,1-3H3,(H,13,15);1H. The molecule has 17 heavy (non-hydrogen) atoms. The van der Waals surface area contributed by atoms with Gasteiger partial charge < -0.3 is 15.1 Å². The van der Waals surface area contributed by atoms with E-state index in [9.17, 15) is 4.79 Å². The largest absolute Gasteiger partial charge is 0.436 e. The zero-order valence-corrected chi connectivity index (χ0v) is 11.3. The first-order valence-electron chi connectivity index (χ1n) is 5.58. The molecule has 1 amide bonds. The Morgan fingerprint density at radius 1 is 1.29 bits per heavy atom. The van der Waals surface area contributed by atoms with Gasteiger partial charge in [-0.3, -0.25) is 4.79 Å². The smallest absolute Gasteiger partial charge is 0.289 e. The van der Waals surface area contributed by atoms with Crippen LogP contribution in [0.25, 0.3) is 0 Å². The van der Waals surface area contributed by atoms with Gasteiger partial charge >= 0.3 is 0 Å². The molecular weight excluding hydrogens is 242 g/mol. The van der Waals surface area contributed by atoms with Crippen molar-refractivity contribution in [2.24, 2.45) is 0 Å². The van der Waals surface area contributed by atoms with Gasteiger partial charge in [-0.15, -0.1) is 12.4 Å². The van der Waals surface area contributed by atoms with E-state index in [0.717, 1.165) is 19.5 Å². The SMILES string of the molecule is CCCNCCNC(=O)c1oc(C)nc1C.Cl. The number of carbonyl (C=O) groups excluding carboxylic acids is 1. The molecule has 1 aromatic rings. The number of aromatic nitrogens is 1. The molecule has 0 radical (unpaired) electrons. The zero-order chi connectivity index (χ0) is 12.0. The third-order valence-electron chi connectivity index (χ3n) is 2.12. The van der Waals surface area contributed by atoms with Crippen LogP contribution in [0.3, 0.4) is 0 Å². The number of carbonyl (C=O) groups is 1. The third-order valence-corrected chi connectivity index (χ3v) is 2.12. The highest BCUT2D eigenvalue weighted by Gasteiger charge is 2.14. The fourth-order valence-electron chi connectivity index (χ4n) is 1.39. The van der Waals surface area contributed by atoms with Crippen molar-refractivity contribution in [1.29, 1.82) is 0 Å². The van der Waals surface area contributed by atoms with E-state index in [2.05, 4.69) is 22.5 Å². The fraction of sp³-hybridized carbons (Fsp3) is 0.636. The Morgan fingerprint density at radius 2 is 2.00 bits per heavy atom. The van der Waals surface area contributed by atoms with E-state index in [-0.39, 0.29) is 18.3 Å². The van der Waals surface area contributed by atoms with Crippen LogP contribution in [0.5, 0.6) is 0 Å². The van der Waals surface area contributed by atoms with Gasteiger partial charge in [0.1, 0.15) is 0 Å². The summed E-state index contributed by atoms with van der Waals surface area (Å²) in [6, 6.07) is 0. The summed E-state index contributed by atoms with van der Waals surface area (Å²) in [4.78, 5) is 15.7. The first-order chi connectivity index (χ1) is 7.65. The van der Waals surface area contributed by atoms with Gasteiger partial charge in [0.2, 0.25) is 5.76 Å². The molecule has 2 N–H and O–H groups in total. The molecule has 0 spiro atoms. The number of oxazole rings is 1. The minimum atomic E-state index is -0.198. The van der Waals surface area contributed by atoms with Gasteiger partial charge in [0.15, 0.2) is 5.89 Å². The summed E-state index contributed by atoms with van der Waals surface area (Å²) < 4.78 is 5.21. The number of rotatable bonds is 6. The summed E-state index contributed by atoms with van der Waals surface area (Å²) in [5.74, 6) is 0.635. The maximum absolute atomic E-state index is 11.6. The Morgan fingerprint density at radius 3 is 2.53 bits per heavy atom. The Balaban J connectivity index is 0.00000256. The van der Waals surface area contributed by atoms with Gasteiger partial charge in [0.25, 0.3) is 5.91 Å². The number of aryl methyl sites for hydroxylation is 2. The van der Waals surface area contributed by atoms with Crippen LogP contribution in [-0.2, 0) is 0 Å². The second-order valence-corrected chi connectivity index (χ2v) is 3.65. The Hall–Kier alpha value is -1.07. The summed E-state index contributed by atoms with van der Waals surface area (Å²) >= 11 is 0. The van der Waals surface area contributed by atoms with Crippen LogP contribution < -0.4 is 10.6 Å². The summed E-state index contributed by atoms with van der Waals surface area (Å²) in [6.07, 6.45) is 1.09. The first-order valence-corrected chi connectivity index (χ1v) is 5.58. The van der Waals surface area contributed by atoms with Crippen molar-refractivity contribution in [1.82, 2.24) is 15.6 Å². The molecule has 0 aliphatic heterocycles. The maximum Gasteiger partial charge on any atom is 0.289 e. The monoisotopic (exact) mass is 261 g/mol. The Bertz CT molecular complexity index is 352. The Labute approximate surface area is 108 Å². The third kappa shape index (κ3) is 5.19. The number of amides is 1. The van der Waals surface area contributed by atoms with Gasteiger partial charge in [-0.2, -0.15) is 0 Å². The lowest BCUT2D eigenvalue weighted by atomic mass is 10.3. The van der Waals surface area contributed by atoms with E-state index in [0.29, 0.717) is 23.9 Å². The predicted molar refractivity (Wildman–Crippen MR) is 68.7 cm³/mol. The second kappa shape index (κ2) is 8.08. The molecule has 1 heterocycles. The van der Waals surface area contributed by atoms with Crippen LogP contribution in [0, 0.1) is 13.8 Å². The number of hydrogen-bond donors (Lipinski definition) is 2. The number of hydrogen-bond acceptors (Lipinski definition) is 4. The molecule has 1 aromatic heterocycles. The van der Waals surface area contributed by atoms with Crippen molar-refractivity contribution < 1.29 is 9.21 Å². The molecule has 0 atom stereocenters. The lowest BCUT2D eigenvalue weighted by molar-refractivity contribution is 0.0924. The molecule has 6 heteroatoms. The van der Waals surface area contributed by atoms with Crippen LogP contribution in [0.4, 0.5) is 0 Å². The average Bonchev–Trinajstić information content (AvgIpc) is 2.57. The van der Waals surface area contributed by atoms with Crippen LogP contribution in [0.1, 0.15) is 35.5 Å². The molecule has 0 aliphatic carbocycles. The molecular formula is C11H20ClN3O2. The van der Waals surface area contributed by atoms with Crippen LogP contribution in [0.2, 0.25) is 0 Å². The summed E-state index contributed by atoms with van der Waals surface area (Å²) in [7, 11) is 0. The van der Waals surface area contributed by atoms with Gasteiger partial charge in [-0.1, -0.05) is 6.92 Å². The molecule has 5 nitrogen and oxygen atoms in total. The van der Waals surface area contributed by atoms with Crippen molar-refractivity contribution in [3.8, 4) is 0 Å². The zero-order valence-electron chi connectivity index (χ0n) is 10.5. The molecule has 0 fully saturated rings. The van der Waals surface area contributed by atoms with E-state index in [4.69, 9.17) is 4.42 Å². The molecule has 0 aliphatic rings. The lowest BCUT2D eigenvalue weighted by Gasteiger charge is -2.04. The van der Waals surface area contributed by atoms with E-state index in [1.54, 1.807) is 13.8 Å². The van der Waals surface area contributed by atoms with E-state index < -0.39 is 0 Å². The van der Waals surface area contributed by atoms with Gasteiger partial charge in [0.05, 0.1) is 5.69 Å². The minimum absolute atomic E-state index is 0. The quantitative estimate of drug-likeness (QED) is 0.761. The fourth-order valence-corrected chi connectivity index (χ4v) is 1.39. The maximum atomic E-state index is 11.6. The van der Waals surface area contributed by atoms with Crippen molar-refractivity contribution in [3.63, 3.8) is 0 Å². The molecule has 0 saturated carbocycles. The van der Waals surface area contributed by atoms with Gasteiger partial charge in [0, 0.05) is 20.0 Å². The van der Waals surface area contributed by atoms with Crippen LogP contribution in [0.15, 0.2) is 4.42 Å². The van der Waals surface area contributed by atoms with E-state index >= 15 is 0 Å². The summed E-state index contributed by atoms with van der Waals surface area (Å²) in [6.45, 7) is 7.93. The van der Waals surface area contributed by atoms with E-state index in [1.165, 1.54) is 0 Å². The number of nitrogens with zero attached hydrogens (tertiary/aromatic N) is 1. The normalized spacial score (nSPS) is 9.82. The van der Waals surface area contributed by atoms with Gasteiger partial charge in [-0.25, -0.2) is 4.98 Å². The molecule has 0 bridgehead atoms. The highest BCUT2D eigenvalue weighted by Crippen LogP contribution is 2.08. The highest BCUT2D eigenvalue weighted by molar-refractivity contribution is 5.92. The van der Waals surface area contributed by atoms with Gasteiger partial charge in [-0.05, 0) is 19.9 Å². The first kappa shape index (κ1) is 15.9. The van der Waals surface area contributed by atoms with Crippen molar-refractivity contribution in [3.05, 3.63) is 17.3 Å². The topological polar surface area (TPSA) is 67.2 Å². The Kier molecular flexibility index (Phi) is 7.58. The van der Waals surface area contributed by atoms with E-state index in [1.807, 2.05) is 0 Å². The lowest BCUT2D eigenvalue weighted by Crippen LogP contribution is -2.32. The molecule has 98 valence electrons. The molecule has 1 rings (SSSR count).